The van der Waals surface area contributed by atoms with Gasteiger partial charge in [-0.15, -0.1) is 0 Å². The minimum absolute atomic E-state index is 0.165. The molecule has 0 radical (unpaired) electrons. The Morgan fingerprint density at radius 2 is 1.68 bits per heavy atom. The van der Waals surface area contributed by atoms with Crippen molar-refractivity contribution in [3.63, 3.8) is 0 Å². The highest BCUT2D eigenvalue weighted by molar-refractivity contribution is 5.87. The number of aliphatic hydroxyl groups excluding tert-OH is 3. The lowest BCUT2D eigenvalue weighted by Gasteiger charge is -2.39. The fourth-order valence-electron chi connectivity index (χ4n) is 2.64. The molecule has 1 aliphatic rings. The van der Waals surface area contributed by atoms with Crippen LogP contribution in [-0.4, -0.2) is 85.0 Å². The number of ether oxygens (including phenoxy) is 5. The van der Waals surface area contributed by atoms with Crippen LogP contribution in [0.3, 0.4) is 0 Å². The number of hydrogen-bond donors (Lipinski definition) is 4. The van der Waals surface area contributed by atoms with E-state index in [4.69, 9.17) is 23.7 Å². The minimum atomic E-state index is -1.50. The zero-order valence-corrected chi connectivity index (χ0v) is 15.6. The molecule has 5 atom stereocenters. The molecule has 1 aromatic carbocycles. The van der Waals surface area contributed by atoms with Crippen molar-refractivity contribution in [2.75, 3.05) is 27.9 Å². The van der Waals surface area contributed by atoms with Crippen LogP contribution in [0, 0.1) is 0 Å². The standard InChI is InChI=1S/C18H24O10/c1-24-10-6-9(7-11(25-2)14(10)20)4-5-13(19)27-8-12-15(21)16(22)17(23)18(26-3)28-12/h4-7,12,15-18,20-23H,8H2,1-3H3/b5-4+/t12-,15-,16+,17-,18+/m1/s1. The van der Waals surface area contributed by atoms with E-state index in [1.54, 1.807) is 0 Å². The van der Waals surface area contributed by atoms with Gasteiger partial charge >= 0.3 is 5.97 Å². The van der Waals surface area contributed by atoms with E-state index < -0.39 is 36.7 Å². The Kier molecular flexibility index (Phi) is 7.61. The molecule has 0 unspecified atom stereocenters. The van der Waals surface area contributed by atoms with Crippen LogP contribution in [0.25, 0.3) is 6.08 Å². The Hall–Kier alpha value is -2.37. The second-order valence-electron chi connectivity index (χ2n) is 5.99. The van der Waals surface area contributed by atoms with Crippen molar-refractivity contribution in [2.24, 2.45) is 0 Å². The van der Waals surface area contributed by atoms with Crippen molar-refractivity contribution < 1.29 is 48.9 Å². The van der Waals surface area contributed by atoms with E-state index in [1.807, 2.05) is 0 Å². The van der Waals surface area contributed by atoms with E-state index >= 15 is 0 Å². The number of rotatable bonds is 7. The van der Waals surface area contributed by atoms with Crippen LogP contribution >= 0.6 is 0 Å². The summed E-state index contributed by atoms with van der Waals surface area (Å²) >= 11 is 0. The molecule has 1 aromatic rings. The SMILES string of the molecule is COc1cc(/C=C/C(=O)OC[C@H]2O[C@H](OC)[C@H](O)[C@@H](O)[C@@H]2O)cc(OC)c1O. The molecule has 4 N–H and O–H groups in total. The number of carbonyl (C=O) groups is 1. The van der Waals surface area contributed by atoms with Gasteiger partial charge in [0.1, 0.15) is 31.0 Å². The van der Waals surface area contributed by atoms with Crippen molar-refractivity contribution in [1.82, 2.24) is 0 Å². The molecule has 2 rings (SSSR count). The van der Waals surface area contributed by atoms with Gasteiger partial charge in [-0.05, 0) is 23.8 Å². The summed E-state index contributed by atoms with van der Waals surface area (Å²) in [6.07, 6.45) is -4.07. The maximum absolute atomic E-state index is 11.9. The van der Waals surface area contributed by atoms with Crippen LogP contribution in [0.5, 0.6) is 17.2 Å². The predicted molar refractivity (Wildman–Crippen MR) is 94.9 cm³/mol. The highest BCUT2D eigenvalue weighted by atomic mass is 16.7. The lowest BCUT2D eigenvalue weighted by Crippen LogP contribution is -2.59. The van der Waals surface area contributed by atoms with Crippen LogP contribution in [-0.2, 0) is 19.0 Å². The molecule has 1 fully saturated rings. The summed E-state index contributed by atoms with van der Waals surface area (Å²) in [4.78, 5) is 11.9. The van der Waals surface area contributed by atoms with Gasteiger partial charge in [0.25, 0.3) is 0 Å². The minimum Gasteiger partial charge on any atom is -0.502 e. The average Bonchev–Trinajstić information content (AvgIpc) is 2.70. The lowest BCUT2D eigenvalue weighted by atomic mass is 9.99. The number of esters is 1. The van der Waals surface area contributed by atoms with Crippen LogP contribution in [0.2, 0.25) is 0 Å². The van der Waals surface area contributed by atoms with Gasteiger partial charge < -0.3 is 44.1 Å². The number of benzene rings is 1. The zero-order chi connectivity index (χ0) is 20.8. The second-order valence-corrected chi connectivity index (χ2v) is 5.99. The van der Waals surface area contributed by atoms with Crippen LogP contribution in [0.15, 0.2) is 18.2 Å². The molecule has 0 bridgehead atoms. The Labute approximate surface area is 161 Å². The van der Waals surface area contributed by atoms with Crippen molar-refractivity contribution in [1.29, 1.82) is 0 Å². The van der Waals surface area contributed by atoms with Crippen molar-refractivity contribution in [3.8, 4) is 17.2 Å². The molecular weight excluding hydrogens is 376 g/mol. The average molecular weight is 400 g/mol. The fourth-order valence-corrected chi connectivity index (χ4v) is 2.64. The third-order valence-corrected chi connectivity index (χ3v) is 4.20. The number of methoxy groups -OCH3 is 3. The normalized spacial score (nSPS) is 27.6. The Balaban J connectivity index is 1.99. The molecule has 0 aromatic heterocycles. The summed E-state index contributed by atoms with van der Waals surface area (Å²) in [7, 11) is 4.03. The van der Waals surface area contributed by atoms with Gasteiger partial charge in [-0.25, -0.2) is 4.79 Å². The Morgan fingerprint density at radius 1 is 1.07 bits per heavy atom. The quantitative estimate of drug-likeness (QED) is 0.346. The number of hydrogen-bond acceptors (Lipinski definition) is 10. The number of aromatic hydroxyl groups is 1. The highest BCUT2D eigenvalue weighted by Gasteiger charge is 2.44. The largest absolute Gasteiger partial charge is 0.502 e. The first-order chi connectivity index (χ1) is 13.3. The Bertz CT molecular complexity index is 677. The predicted octanol–water partition coefficient (Wildman–Crippen LogP) is -0.580. The van der Waals surface area contributed by atoms with E-state index in [9.17, 15) is 25.2 Å². The summed E-state index contributed by atoms with van der Waals surface area (Å²) < 4.78 is 25.2. The molecule has 28 heavy (non-hydrogen) atoms. The number of aliphatic hydroxyl groups is 3. The maximum atomic E-state index is 11.9. The van der Waals surface area contributed by atoms with Crippen molar-refractivity contribution in [2.45, 2.75) is 30.7 Å². The highest BCUT2D eigenvalue weighted by Crippen LogP contribution is 2.37. The van der Waals surface area contributed by atoms with Crippen LogP contribution in [0.4, 0.5) is 0 Å². The monoisotopic (exact) mass is 400 g/mol. The van der Waals surface area contributed by atoms with Gasteiger partial charge in [-0.2, -0.15) is 0 Å². The topological polar surface area (TPSA) is 144 Å². The summed E-state index contributed by atoms with van der Waals surface area (Å²) in [5, 5.41) is 39.3. The summed E-state index contributed by atoms with van der Waals surface area (Å²) in [5.41, 5.74) is 0.510. The molecule has 156 valence electrons. The molecule has 0 amide bonds. The zero-order valence-electron chi connectivity index (χ0n) is 15.6. The van der Waals surface area contributed by atoms with Gasteiger partial charge in [-0.1, -0.05) is 0 Å². The maximum Gasteiger partial charge on any atom is 0.330 e. The molecule has 0 saturated carbocycles. The van der Waals surface area contributed by atoms with E-state index in [0.717, 1.165) is 6.08 Å². The van der Waals surface area contributed by atoms with Crippen molar-refractivity contribution in [3.05, 3.63) is 23.8 Å². The molecule has 1 saturated heterocycles. The van der Waals surface area contributed by atoms with E-state index in [2.05, 4.69) is 0 Å². The van der Waals surface area contributed by atoms with Crippen molar-refractivity contribution >= 4 is 12.0 Å². The summed E-state index contributed by atoms with van der Waals surface area (Å²) in [6, 6.07) is 2.99. The third-order valence-electron chi connectivity index (χ3n) is 4.20. The van der Waals surface area contributed by atoms with Gasteiger partial charge in [0.05, 0.1) is 14.2 Å². The summed E-state index contributed by atoms with van der Waals surface area (Å²) in [6.45, 7) is -0.365. The fraction of sp³-hybridized carbons (Fsp3) is 0.500. The first kappa shape index (κ1) is 21.9. The van der Waals surface area contributed by atoms with E-state index in [1.165, 1.54) is 39.5 Å². The van der Waals surface area contributed by atoms with Crippen LogP contribution in [0.1, 0.15) is 5.56 Å². The van der Waals surface area contributed by atoms with Gasteiger partial charge in [0.15, 0.2) is 17.8 Å². The van der Waals surface area contributed by atoms with E-state index in [-0.39, 0.29) is 23.9 Å². The van der Waals surface area contributed by atoms with Gasteiger partial charge in [0, 0.05) is 13.2 Å². The Morgan fingerprint density at radius 3 is 2.21 bits per heavy atom. The smallest absolute Gasteiger partial charge is 0.330 e. The third kappa shape index (κ3) is 4.91. The number of phenols is 1. The molecule has 0 aliphatic carbocycles. The molecule has 1 aliphatic heterocycles. The van der Waals surface area contributed by atoms with Gasteiger partial charge in [0.2, 0.25) is 5.75 Å². The van der Waals surface area contributed by atoms with Crippen LogP contribution < -0.4 is 9.47 Å². The molecular formula is C18H24O10. The number of carbonyl (C=O) groups excluding carboxylic acids is 1. The molecule has 10 nitrogen and oxygen atoms in total. The second kappa shape index (κ2) is 9.71. The first-order valence-corrected chi connectivity index (χ1v) is 8.34. The number of phenolic OH excluding ortho intramolecular Hbond substituents is 1. The molecule has 1 heterocycles. The summed E-state index contributed by atoms with van der Waals surface area (Å²) in [5.74, 6) is -0.563. The lowest BCUT2D eigenvalue weighted by molar-refractivity contribution is -0.294. The first-order valence-electron chi connectivity index (χ1n) is 8.34. The molecule has 10 heteroatoms. The molecule has 0 spiro atoms. The van der Waals surface area contributed by atoms with E-state index in [0.29, 0.717) is 5.56 Å². The van der Waals surface area contributed by atoms with Gasteiger partial charge in [-0.3, -0.25) is 0 Å².